The van der Waals surface area contributed by atoms with E-state index in [2.05, 4.69) is 10.1 Å². The van der Waals surface area contributed by atoms with E-state index in [0.29, 0.717) is 18.0 Å². The summed E-state index contributed by atoms with van der Waals surface area (Å²) < 4.78 is 0. The predicted octanol–water partition coefficient (Wildman–Crippen LogP) is -1.24. The molecule has 0 aromatic heterocycles. The van der Waals surface area contributed by atoms with Crippen LogP contribution in [0.4, 0.5) is 0 Å². The highest BCUT2D eigenvalue weighted by atomic mass is 15.2. The van der Waals surface area contributed by atoms with Gasteiger partial charge in [0.05, 0.1) is 0 Å². The molecule has 0 spiro atoms. The minimum absolute atomic E-state index is 0.0961. The third-order valence-corrected chi connectivity index (χ3v) is 1.40. The summed E-state index contributed by atoms with van der Waals surface area (Å²) in [6.45, 7) is 0. The first-order chi connectivity index (χ1) is 5.69. The second kappa shape index (κ2) is 2.92. The van der Waals surface area contributed by atoms with Gasteiger partial charge in [0.2, 0.25) is 0 Å². The number of hydrazone groups is 1. The molecule has 0 aromatic rings. The number of hydrogen-bond acceptors (Lipinski definition) is 5. The van der Waals surface area contributed by atoms with E-state index < -0.39 is 0 Å². The van der Waals surface area contributed by atoms with Gasteiger partial charge < -0.3 is 17.3 Å². The average molecular weight is 164 g/mol. The van der Waals surface area contributed by atoms with Crippen LogP contribution in [0.3, 0.4) is 0 Å². The summed E-state index contributed by atoms with van der Waals surface area (Å²) in [4.78, 5) is 3.76. The quantitative estimate of drug-likeness (QED) is 0.305. The van der Waals surface area contributed by atoms with E-state index in [1.807, 2.05) is 6.07 Å². The fourth-order valence-electron chi connectivity index (χ4n) is 0.874. The number of aliphatic imine (C=N–C) groups is 1. The van der Waals surface area contributed by atoms with Gasteiger partial charge >= 0.3 is 0 Å². The van der Waals surface area contributed by atoms with Crippen LogP contribution in [-0.2, 0) is 0 Å². The average Bonchev–Trinajstić information content (AvgIpc) is 2.03. The molecule has 0 unspecified atom stereocenters. The molecule has 12 heavy (non-hydrogen) atoms. The zero-order valence-electron chi connectivity index (χ0n) is 6.28. The molecule has 0 atom stereocenters. The smallest absolute Gasteiger partial charge is 0.192 e. The van der Waals surface area contributed by atoms with E-state index in [1.165, 1.54) is 0 Å². The van der Waals surface area contributed by atoms with Gasteiger partial charge in [0.25, 0.3) is 0 Å². The Balaban J connectivity index is 3.15. The first-order valence-corrected chi connectivity index (χ1v) is 3.19. The Labute approximate surface area is 69.0 Å². The first-order valence-electron chi connectivity index (χ1n) is 3.19. The molecule has 1 rings (SSSR count). The fourth-order valence-corrected chi connectivity index (χ4v) is 0.874. The monoisotopic (exact) mass is 164 g/mol. The molecular weight excluding hydrogens is 156 g/mol. The molecule has 1 heterocycles. The molecule has 0 amide bonds. The number of nitriles is 1. The zero-order chi connectivity index (χ0) is 9.14. The lowest BCUT2D eigenvalue weighted by Gasteiger charge is -2.10. The number of nitrogens with two attached hydrogens (primary N) is 3. The molecule has 0 bridgehead atoms. The number of amidine groups is 2. The van der Waals surface area contributed by atoms with Crippen molar-refractivity contribution in [2.24, 2.45) is 27.4 Å². The Morgan fingerprint density at radius 3 is 2.67 bits per heavy atom. The maximum Gasteiger partial charge on any atom is 0.192 e. The summed E-state index contributed by atoms with van der Waals surface area (Å²) in [5.41, 5.74) is 11.5. The van der Waals surface area contributed by atoms with Crippen LogP contribution in [0.1, 0.15) is 6.42 Å². The summed E-state index contributed by atoms with van der Waals surface area (Å²) >= 11 is 0. The van der Waals surface area contributed by atoms with Crippen LogP contribution in [0.2, 0.25) is 0 Å². The van der Waals surface area contributed by atoms with Crippen LogP contribution in [0.25, 0.3) is 0 Å². The molecule has 0 aliphatic carbocycles. The Morgan fingerprint density at radius 1 is 1.50 bits per heavy atom. The molecule has 1 aliphatic heterocycles. The van der Waals surface area contributed by atoms with E-state index in [1.54, 1.807) is 0 Å². The van der Waals surface area contributed by atoms with E-state index in [0.717, 1.165) is 0 Å². The van der Waals surface area contributed by atoms with Crippen LogP contribution < -0.4 is 17.3 Å². The van der Waals surface area contributed by atoms with Gasteiger partial charge in [-0.1, -0.05) is 0 Å². The van der Waals surface area contributed by atoms with Crippen molar-refractivity contribution in [2.45, 2.75) is 6.42 Å². The standard InChI is InChI=1S/C6H8N6/c7-2-3-4(8)1-5(9)11-6(3)12-10/h1,8,10H2,(H2,9,11,12). The molecular formula is C6H8N6. The lowest BCUT2D eigenvalue weighted by atomic mass is 10.1. The van der Waals surface area contributed by atoms with Crippen molar-refractivity contribution in [1.82, 2.24) is 0 Å². The van der Waals surface area contributed by atoms with Gasteiger partial charge in [-0.15, -0.1) is 0 Å². The minimum atomic E-state index is 0.0961. The van der Waals surface area contributed by atoms with Gasteiger partial charge in [0.15, 0.2) is 5.84 Å². The van der Waals surface area contributed by atoms with Crippen molar-refractivity contribution < 1.29 is 0 Å². The van der Waals surface area contributed by atoms with Crippen LogP contribution >= 0.6 is 0 Å². The molecule has 0 fully saturated rings. The lowest BCUT2D eigenvalue weighted by molar-refractivity contribution is 1.12. The third kappa shape index (κ3) is 1.20. The minimum Gasteiger partial charge on any atom is -0.400 e. The highest BCUT2D eigenvalue weighted by molar-refractivity contribution is 6.11. The predicted molar refractivity (Wildman–Crippen MR) is 44.7 cm³/mol. The summed E-state index contributed by atoms with van der Waals surface area (Å²) in [7, 11) is 0. The molecule has 6 nitrogen and oxygen atoms in total. The van der Waals surface area contributed by atoms with Gasteiger partial charge in [-0.2, -0.15) is 10.4 Å². The van der Waals surface area contributed by atoms with Crippen LogP contribution in [-0.4, -0.2) is 11.7 Å². The summed E-state index contributed by atoms with van der Waals surface area (Å²) in [5, 5.41) is 11.9. The Kier molecular flexibility index (Phi) is 1.96. The van der Waals surface area contributed by atoms with Crippen LogP contribution in [0.5, 0.6) is 0 Å². The van der Waals surface area contributed by atoms with Crippen molar-refractivity contribution in [2.75, 3.05) is 0 Å². The molecule has 0 radical (unpaired) electrons. The van der Waals surface area contributed by atoms with Gasteiger partial charge in [-0.25, -0.2) is 4.99 Å². The number of rotatable bonds is 0. The lowest BCUT2D eigenvalue weighted by Crippen LogP contribution is -2.25. The number of nitrogens with zero attached hydrogens (tertiary/aromatic N) is 3. The van der Waals surface area contributed by atoms with Crippen molar-refractivity contribution in [3.63, 3.8) is 0 Å². The summed E-state index contributed by atoms with van der Waals surface area (Å²) in [5.74, 6) is 5.39. The van der Waals surface area contributed by atoms with Crippen LogP contribution in [0, 0.1) is 11.3 Å². The maximum absolute atomic E-state index is 8.61. The molecule has 62 valence electrons. The second-order valence-corrected chi connectivity index (χ2v) is 2.24. The molecule has 1 aliphatic rings. The highest BCUT2D eigenvalue weighted by Crippen LogP contribution is 2.11. The van der Waals surface area contributed by atoms with Crippen molar-refractivity contribution >= 4 is 11.7 Å². The van der Waals surface area contributed by atoms with Gasteiger partial charge in [-0.05, 0) is 0 Å². The number of hydrogen-bond donors (Lipinski definition) is 3. The normalized spacial score (nSPS) is 20.6. The Hall–Kier alpha value is -2.03. The van der Waals surface area contributed by atoms with E-state index in [-0.39, 0.29) is 11.4 Å². The Morgan fingerprint density at radius 2 is 2.17 bits per heavy atom. The number of dihydropyridines is 1. The van der Waals surface area contributed by atoms with Crippen molar-refractivity contribution in [3.8, 4) is 6.07 Å². The zero-order valence-corrected chi connectivity index (χ0v) is 6.28. The van der Waals surface area contributed by atoms with Crippen molar-refractivity contribution in [3.05, 3.63) is 11.3 Å². The van der Waals surface area contributed by atoms with Crippen LogP contribution in [0.15, 0.2) is 21.4 Å². The Bertz CT molecular complexity index is 328. The SMILES string of the molecule is N#CC1=C(N)CC(N)=N/C1=N/N. The summed E-state index contributed by atoms with van der Waals surface area (Å²) in [6, 6.07) is 1.86. The molecule has 0 saturated heterocycles. The topological polar surface area (TPSA) is 127 Å². The van der Waals surface area contributed by atoms with E-state index >= 15 is 0 Å². The van der Waals surface area contributed by atoms with E-state index in [4.69, 9.17) is 22.6 Å². The van der Waals surface area contributed by atoms with Crippen molar-refractivity contribution in [1.29, 1.82) is 5.26 Å². The molecule has 6 heteroatoms. The van der Waals surface area contributed by atoms with Gasteiger partial charge in [0, 0.05) is 12.1 Å². The largest absolute Gasteiger partial charge is 0.400 e. The second-order valence-electron chi connectivity index (χ2n) is 2.24. The first kappa shape index (κ1) is 8.07. The maximum atomic E-state index is 8.61. The van der Waals surface area contributed by atoms with E-state index in [9.17, 15) is 0 Å². The molecule has 0 saturated carbocycles. The van der Waals surface area contributed by atoms with Gasteiger partial charge in [-0.3, -0.25) is 0 Å². The van der Waals surface area contributed by atoms with Gasteiger partial charge in [0.1, 0.15) is 17.5 Å². The third-order valence-electron chi connectivity index (χ3n) is 1.40. The highest BCUT2D eigenvalue weighted by Gasteiger charge is 2.16. The summed E-state index contributed by atoms with van der Waals surface area (Å²) in [6.07, 6.45) is 0.294. The molecule has 0 aromatic carbocycles. The molecule has 6 N–H and O–H groups in total. The fraction of sp³-hybridized carbons (Fsp3) is 0.167.